The van der Waals surface area contributed by atoms with Crippen molar-refractivity contribution in [2.24, 2.45) is 10.7 Å². The van der Waals surface area contributed by atoms with Crippen LogP contribution in [0.5, 0.6) is 0 Å². The van der Waals surface area contributed by atoms with Gasteiger partial charge in [-0.1, -0.05) is 0 Å². The van der Waals surface area contributed by atoms with Gasteiger partial charge in [-0.15, -0.1) is 4.28 Å². The van der Waals surface area contributed by atoms with E-state index in [0.717, 1.165) is 12.4 Å². The number of fused-ring (bicyclic) bond motifs is 2. The molecule has 0 radical (unpaired) electrons. The van der Waals surface area contributed by atoms with Gasteiger partial charge < -0.3 is 10.6 Å². The van der Waals surface area contributed by atoms with E-state index in [0.29, 0.717) is 11.5 Å². The molecule has 26 heavy (non-hydrogen) atoms. The Morgan fingerprint density at radius 3 is 2.65 bits per heavy atom. The van der Waals surface area contributed by atoms with Crippen molar-refractivity contribution in [2.75, 3.05) is 6.54 Å². The number of amidine groups is 1. The molecule has 0 saturated carbocycles. The average molecular weight is 388 g/mol. The van der Waals surface area contributed by atoms with Crippen LogP contribution in [-0.2, 0) is 14.7 Å². The van der Waals surface area contributed by atoms with Gasteiger partial charge in [-0.05, 0) is 12.8 Å². The molecule has 1 aromatic heterocycles. The molecule has 0 aliphatic carbocycles. The van der Waals surface area contributed by atoms with Crippen LogP contribution in [-0.4, -0.2) is 69.3 Å². The molecule has 2 atom stereocenters. The molecule has 1 aromatic rings. The van der Waals surface area contributed by atoms with Crippen molar-refractivity contribution < 1.29 is 31.2 Å². The van der Waals surface area contributed by atoms with E-state index >= 15 is 0 Å². The summed E-state index contributed by atoms with van der Waals surface area (Å²) in [6.45, 7) is 0.0798. The van der Waals surface area contributed by atoms with Crippen molar-refractivity contribution in [3.8, 4) is 0 Å². The van der Waals surface area contributed by atoms with Gasteiger partial charge in [0.15, 0.2) is 5.82 Å². The standard InChI is InChI=1S/C12H13FN6O6S/c13-6-3-15-10(16-4-6)11(20)17-9(14)8-2-1-7-5-18(8)12(21)19(7)25-26(22,23)24/h3-4,7-8H,1-2,5H2,(H2,14,17,20)(H,22,23,24). The Morgan fingerprint density at radius 2 is 2.04 bits per heavy atom. The number of amides is 3. The van der Waals surface area contributed by atoms with E-state index in [1.165, 1.54) is 4.90 Å². The van der Waals surface area contributed by atoms with Gasteiger partial charge in [-0.2, -0.15) is 18.5 Å². The number of hydrogen-bond donors (Lipinski definition) is 2. The summed E-state index contributed by atoms with van der Waals surface area (Å²) in [7, 11) is -4.86. The number of carbonyl (C=O) groups excluding carboxylic acids is 2. The first-order valence-corrected chi connectivity index (χ1v) is 8.65. The second kappa shape index (κ2) is 6.54. The van der Waals surface area contributed by atoms with Crippen molar-refractivity contribution >= 4 is 28.2 Å². The Balaban J connectivity index is 1.77. The highest BCUT2D eigenvalue weighted by molar-refractivity contribution is 7.80. The molecule has 2 aliphatic rings. The number of carbonyl (C=O) groups is 2. The summed E-state index contributed by atoms with van der Waals surface area (Å²) in [6, 6.07) is -2.21. The molecular formula is C12H13FN6O6S. The summed E-state index contributed by atoms with van der Waals surface area (Å²) in [5.41, 5.74) is 5.81. The third-order valence-electron chi connectivity index (χ3n) is 3.88. The SMILES string of the molecule is NC(=NC(=O)c1ncc(F)cn1)C1CCC2CN1C(=O)N2OS(=O)(=O)O. The number of hydroxylamine groups is 2. The number of hydrogen-bond acceptors (Lipinski definition) is 7. The molecule has 0 spiro atoms. The van der Waals surface area contributed by atoms with E-state index in [1.54, 1.807) is 0 Å². The Bertz CT molecular complexity index is 875. The normalized spacial score (nSPS) is 23.5. The number of urea groups is 1. The Labute approximate surface area is 146 Å². The minimum atomic E-state index is -4.86. The Kier molecular flexibility index (Phi) is 4.55. The van der Waals surface area contributed by atoms with Crippen LogP contribution in [0.25, 0.3) is 0 Å². The summed E-state index contributed by atoms with van der Waals surface area (Å²) in [4.78, 5) is 36.0. The zero-order valence-electron chi connectivity index (χ0n) is 13.0. The first kappa shape index (κ1) is 18.1. The molecule has 2 unspecified atom stereocenters. The first-order chi connectivity index (χ1) is 12.2. The smallest absolute Gasteiger partial charge is 0.385 e. The largest absolute Gasteiger partial charge is 0.418 e. The highest BCUT2D eigenvalue weighted by Crippen LogP contribution is 2.30. The first-order valence-electron chi connectivity index (χ1n) is 7.28. The van der Waals surface area contributed by atoms with Gasteiger partial charge in [-0.25, -0.2) is 19.2 Å². The van der Waals surface area contributed by atoms with Gasteiger partial charge in [-0.3, -0.25) is 9.35 Å². The van der Waals surface area contributed by atoms with E-state index in [4.69, 9.17) is 10.3 Å². The average Bonchev–Trinajstić information content (AvgIpc) is 2.79. The lowest BCUT2D eigenvalue weighted by Crippen LogP contribution is -2.48. The topological polar surface area (TPSA) is 168 Å². The van der Waals surface area contributed by atoms with Crippen molar-refractivity contribution in [3.63, 3.8) is 0 Å². The molecule has 0 aromatic carbocycles. The summed E-state index contributed by atoms with van der Waals surface area (Å²) in [6.07, 6.45) is 2.19. The number of aromatic nitrogens is 2. The van der Waals surface area contributed by atoms with Crippen molar-refractivity contribution in [3.05, 3.63) is 24.0 Å². The lowest BCUT2D eigenvalue weighted by atomic mass is 10.0. The molecule has 140 valence electrons. The third-order valence-corrected chi connectivity index (χ3v) is 4.23. The molecule has 3 N–H and O–H groups in total. The van der Waals surface area contributed by atoms with E-state index in [2.05, 4.69) is 19.2 Å². The zero-order chi connectivity index (χ0) is 19.1. The van der Waals surface area contributed by atoms with E-state index in [9.17, 15) is 22.4 Å². The predicted octanol–water partition coefficient (Wildman–Crippen LogP) is -0.884. The number of aliphatic imine (C=N–C) groups is 1. The second-order valence-electron chi connectivity index (χ2n) is 5.58. The number of nitrogens with zero attached hydrogens (tertiary/aromatic N) is 5. The molecule has 3 amide bonds. The number of rotatable bonds is 4. The van der Waals surface area contributed by atoms with Crippen LogP contribution in [0.3, 0.4) is 0 Å². The van der Waals surface area contributed by atoms with Gasteiger partial charge in [0.25, 0.3) is 0 Å². The number of halogens is 1. The van der Waals surface area contributed by atoms with Crippen LogP contribution in [0, 0.1) is 5.82 Å². The lowest BCUT2D eigenvalue weighted by molar-refractivity contribution is -0.0316. The highest BCUT2D eigenvalue weighted by Gasteiger charge is 2.48. The quantitative estimate of drug-likeness (QED) is 0.378. The summed E-state index contributed by atoms with van der Waals surface area (Å²) >= 11 is 0. The second-order valence-corrected chi connectivity index (χ2v) is 6.58. The molecule has 3 heterocycles. The summed E-state index contributed by atoms with van der Waals surface area (Å²) in [5.74, 6) is -2.21. The molecular weight excluding hydrogens is 375 g/mol. The van der Waals surface area contributed by atoms with E-state index in [-0.39, 0.29) is 24.6 Å². The molecule has 2 saturated heterocycles. The van der Waals surface area contributed by atoms with E-state index in [1.807, 2.05) is 0 Å². The molecule has 2 aliphatic heterocycles. The predicted molar refractivity (Wildman–Crippen MR) is 81.3 cm³/mol. The van der Waals surface area contributed by atoms with Crippen LogP contribution in [0.1, 0.15) is 23.5 Å². The fraction of sp³-hybridized carbons (Fsp3) is 0.417. The molecule has 3 rings (SSSR count). The monoisotopic (exact) mass is 388 g/mol. The fourth-order valence-corrected chi connectivity index (χ4v) is 3.19. The zero-order valence-corrected chi connectivity index (χ0v) is 13.8. The molecule has 2 fully saturated rings. The van der Waals surface area contributed by atoms with Gasteiger partial charge in [0.05, 0.1) is 24.5 Å². The molecule has 12 nitrogen and oxygen atoms in total. The molecule has 2 bridgehead atoms. The highest BCUT2D eigenvalue weighted by atomic mass is 32.3. The van der Waals surface area contributed by atoms with Crippen LogP contribution in [0.4, 0.5) is 9.18 Å². The minimum Gasteiger partial charge on any atom is -0.385 e. The summed E-state index contributed by atoms with van der Waals surface area (Å²) < 4.78 is 47.5. The maximum Gasteiger partial charge on any atom is 0.418 e. The van der Waals surface area contributed by atoms with Crippen molar-refractivity contribution in [2.45, 2.75) is 24.9 Å². The van der Waals surface area contributed by atoms with Gasteiger partial charge in [0.2, 0.25) is 5.82 Å². The van der Waals surface area contributed by atoms with Gasteiger partial charge >= 0.3 is 22.3 Å². The maximum absolute atomic E-state index is 12.8. The maximum atomic E-state index is 12.8. The van der Waals surface area contributed by atoms with Crippen molar-refractivity contribution in [1.29, 1.82) is 0 Å². The van der Waals surface area contributed by atoms with Gasteiger partial charge in [0, 0.05) is 6.54 Å². The van der Waals surface area contributed by atoms with Gasteiger partial charge in [0.1, 0.15) is 5.84 Å². The molecule has 14 heteroatoms. The van der Waals surface area contributed by atoms with Crippen LogP contribution in [0.2, 0.25) is 0 Å². The van der Waals surface area contributed by atoms with Crippen LogP contribution < -0.4 is 5.73 Å². The van der Waals surface area contributed by atoms with Crippen LogP contribution in [0.15, 0.2) is 17.4 Å². The third kappa shape index (κ3) is 3.61. The number of nitrogens with two attached hydrogens (primary N) is 1. The minimum absolute atomic E-state index is 0.0798. The van der Waals surface area contributed by atoms with E-state index < -0.39 is 40.2 Å². The number of piperidine rings is 1. The summed E-state index contributed by atoms with van der Waals surface area (Å²) in [5, 5.41) is 0.549. The van der Waals surface area contributed by atoms with Crippen molar-refractivity contribution in [1.82, 2.24) is 19.9 Å². The fourth-order valence-electron chi connectivity index (χ4n) is 2.80. The Hall–Kier alpha value is -2.71. The lowest BCUT2D eigenvalue weighted by Gasteiger charge is -2.29. The Morgan fingerprint density at radius 1 is 1.38 bits per heavy atom. The van der Waals surface area contributed by atoms with Crippen LogP contribution >= 0.6 is 0 Å².